The number of carboxylic acid groups (broad SMARTS) is 1. The maximum absolute atomic E-state index is 13.2. The van der Waals surface area contributed by atoms with Crippen molar-refractivity contribution in [1.29, 1.82) is 0 Å². The van der Waals surface area contributed by atoms with Gasteiger partial charge in [0, 0.05) is 104 Å². The summed E-state index contributed by atoms with van der Waals surface area (Å²) in [6, 6.07) is 33.3. The summed E-state index contributed by atoms with van der Waals surface area (Å²) in [5.41, 5.74) is 17.9. The number of aromatic nitrogens is 3. The number of aliphatic carboxylic acids is 1. The lowest BCUT2D eigenvalue weighted by atomic mass is 9.85. The Hall–Kier alpha value is -8.79. The number of amides is 3. The largest absolute Gasteiger partial charge is 0.481 e. The number of rotatable bonds is 21. The molecule has 0 unspecified atom stereocenters. The molecule has 3 saturated carbocycles. The lowest BCUT2D eigenvalue weighted by molar-refractivity contribution is -0.144. The quantitative estimate of drug-likeness (QED) is 0.0298. The van der Waals surface area contributed by atoms with Gasteiger partial charge < -0.3 is 56.7 Å². The highest BCUT2D eigenvalue weighted by molar-refractivity contribution is 7.90. The number of H-pyrrole nitrogens is 2. The zero-order valence-corrected chi connectivity index (χ0v) is 66.3. The molecule has 3 aliphatic carbocycles. The molecule has 8 aromatic rings. The van der Waals surface area contributed by atoms with Gasteiger partial charge in [-0.15, -0.1) is 0 Å². The zero-order chi connectivity index (χ0) is 80.6. The van der Waals surface area contributed by atoms with Crippen LogP contribution in [0.2, 0.25) is 0 Å². The van der Waals surface area contributed by atoms with Crippen molar-refractivity contribution in [3.63, 3.8) is 0 Å². The zero-order valence-electron chi connectivity index (χ0n) is 63.8. The number of imidazole rings is 1. The fraction of sp³-hybridized carbons (Fsp3) is 0.476. The number of ether oxygens (including phenoxy) is 3. The normalized spacial score (nSPS) is 21.6. The third kappa shape index (κ3) is 23.7. The van der Waals surface area contributed by atoms with Gasteiger partial charge in [0.2, 0.25) is 47.8 Å². The minimum absolute atomic E-state index is 0.0450. The number of sulfonamides is 3. The van der Waals surface area contributed by atoms with E-state index in [2.05, 4.69) is 51.1 Å². The molecule has 13 N–H and O–H groups in total. The van der Waals surface area contributed by atoms with E-state index in [-0.39, 0.29) is 115 Å². The first-order chi connectivity index (χ1) is 54.0. The number of carboxylic acids is 1. The van der Waals surface area contributed by atoms with Crippen LogP contribution in [0.15, 0.2) is 148 Å². The predicted octanol–water partition coefficient (Wildman–Crippen LogP) is 12.4. The van der Waals surface area contributed by atoms with Crippen LogP contribution in [-0.4, -0.2) is 127 Å². The molecule has 5 heterocycles. The van der Waals surface area contributed by atoms with E-state index in [4.69, 9.17) is 30.8 Å². The van der Waals surface area contributed by atoms with Gasteiger partial charge >= 0.3 is 5.97 Å². The van der Waals surface area contributed by atoms with Crippen molar-refractivity contribution >= 4 is 87.1 Å². The first-order valence-corrected chi connectivity index (χ1v) is 43.5. The smallest absolute Gasteiger partial charge is 0.306 e. The maximum atomic E-state index is 13.2. The van der Waals surface area contributed by atoms with Gasteiger partial charge in [0.05, 0.1) is 61.1 Å². The molecule has 3 saturated heterocycles. The van der Waals surface area contributed by atoms with Gasteiger partial charge in [-0.2, -0.15) is 0 Å². The molecule has 3 amide bonds. The number of benzene rings is 6. The van der Waals surface area contributed by atoms with Gasteiger partial charge in [0.1, 0.15) is 23.3 Å². The van der Waals surface area contributed by atoms with Gasteiger partial charge in [0.15, 0.2) is 0 Å². The van der Waals surface area contributed by atoms with E-state index >= 15 is 0 Å². The summed E-state index contributed by atoms with van der Waals surface area (Å²) in [6.45, 7) is 9.73. The standard InChI is InChI=1S/C28H34FN3O4S.C27H33FN4O4S.C21H27FN4O3S.C6H10O3/c1-18(19-2-6-23(29)7-3-19)30-28(33)21-4-8-24(9-5-21)32-37(34,35)25-10-11-26-22(16-25)17-27(31-26)20-12-14-36-15-13-20;1-17(18-2-6-21(28)7-3-18)29-27(33)20-4-8-22(9-5-20)32-37(34,35)23-10-11-24-25(16-23)31-26(30-24)19-12-14-36-15-13-19;1-13(14-2-6-16(22)7-3-14)25-21(27)15-4-8-17(9-5-15)26-30(28,29)18-10-11-19(23)20(24)12-18;7-6(8)5-1-3-9-4-2-5/h2-3,6-7,10-11,16-18,20-21,24,31-32H,4-5,8-9,12-15H2,1H3,(H,30,33);2-3,6-7,10-11,16-17,19-20,22,32H,4-5,8-9,12-15H2,1H3,(H,29,33)(H,30,31);2-3,6-7,10-13,15,17,26H,4-5,8-9,23-24H2,1H3,(H,25,27);5H,1-4H2,(H,7,8)/t18-,21?,24?;17-,20?,22?;13-,15?,17?;/m111./s1. The molecule has 6 aliphatic rings. The number of aromatic amines is 2. The van der Waals surface area contributed by atoms with Crippen molar-refractivity contribution < 1.29 is 76.9 Å². The Balaban J connectivity index is 0.000000159. The fourth-order valence-corrected chi connectivity index (χ4v) is 19.3. The molecule has 0 radical (unpaired) electrons. The van der Waals surface area contributed by atoms with Crippen molar-refractivity contribution in [2.24, 2.45) is 23.7 Å². The highest BCUT2D eigenvalue weighted by Gasteiger charge is 2.35. The van der Waals surface area contributed by atoms with Crippen LogP contribution >= 0.6 is 0 Å². The number of halogens is 3. The van der Waals surface area contributed by atoms with E-state index < -0.39 is 36.0 Å². The third-order valence-corrected chi connectivity index (χ3v) is 26.9. The van der Waals surface area contributed by atoms with E-state index in [9.17, 15) is 57.6 Å². The predicted molar refractivity (Wildman–Crippen MR) is 424 cm³/mol. The number of nitrogens with one attached hydrogen (secondary N) is 8. The minimum Gasteiger partial charge on any atom is -0.481 e. The van der Waals surface area contributed by atoms with E-state index in [1.54, 1.807) is 66.7 Å². The fourth-order valence-electron chi connectivity index (χ4n) is 15.3. The van der Waals surface area contributed by atoms with Gasteiger partial charge in [0.25, 0.3) is 0 Å². The highest BCUT2D eigenvalue weighted by atomic mass is 32.2. The van der Waals surface area contributed by atoms with Crippen LogP contribution in [-0.2, 0) is 63.5 Å². The summed E-state index contributed by atoms with van der Waals surface area (Å²) in [7, 11) is -11.1. The average Bonchev–Trinajstić information content (AvgIpc) is 1.65. The molecule has 3 aliphatic heterocycles. The van der Waals surface area contributed by atoms with Gasteiger partial charge in [-0.1, -0.05) is 36.4 Å². The van der Waals surface area contributed by atoms with E-state index in [1.807, 2.05) is 26.8 Å². The number of nitrogens with zero attached hydrogens (tertiary/aromatic N) is 1. The summed E-state index contributed by atoms with van der Waals surface area (Å²) in [4.78, 5) is 60.4. The monoisotopic (exact) mass is 1620 g/mol. The van der Waals surface area contributed by atoms with Gasteiger partial charge in [-0.25, -0.2) is 57.6 Å². The molecule has 0 spiro atoms. The molecule has 113 heavy (non-hydrogen) atoms. The topological polar surface area (TPSA) is 387 Å². The number of nitrogen functional groups attached to an aromatic ring is 2. The van der Waals surface area contributed by atoms with E-state index in [0.29, 0.717) is 139 Å². The van der Waals surface area contributed by atoms with E-state index in [1.165, 1.54) is 54.6 Å². The van der Waals surface area contributed by atoms with Gasteiger partial charge in [-0.3, -0.25) is 19.2 Å². The van der Waals surface area contributed by atoms with Crippen LogP contribution in [0.3, 0.4) is 0 Å². The number of anilines is 2. The van der Waals surface area contributed by atoms with Crippen molar-refractivity contribution in [3.8, 4) is 0 Å². The number of fused-ring (bicyclic) bond motifs is 2. The second-order valence-corrected chi connectivity index (χ2v) is 35.6. The Morgan fingerprint density at radius 3 is 1.17 bits per heavy atom. The van der Waals surface area contributed by atoms with Crippen LogP contribution in [0, 0.1) is 41.1 Å². The van der Waals surface area contributed by atoms with Gasteiger partial charge in [-0.05, 0) is 250 Å². The van der Waals surface area contributed by atoms with Crippen molar-refractivity contribution in [1.82, 2.24) is 45.1 Å². The summed E-state index contributed by atoms with van der Waals surface area (Å²) >= 11 is 0. The first kappa shape index (κ1) is 85.1. The van der Waals surface area contributed by atoms with Crippen molar-refractivity contribution in [2.75, 3.05) is 51.1 Å². The van der Waals surface area contributed by atoms with Crippen molar-refractivity contribution in [3.05, 3.63) is 179 Å². The second-order valence-electron chi connectivity index (χ2n) is 30.4. The SMILES string of the molecule is C[C@@H](NC(=O)C1CCC(NS(=O)(=O)c2ccc(N)c(N)c2)CC1)c1ccc(F)cc1.C[C@@H](NC(=O)C1CCC(NS(=O)(=O)c2ccc3[nH]c(C4CCOCC4)cc3c2)CC1)c1ccc(F)cc1.C[C@@H](NC(=O)C1CCC(NS(=O)(=O)c2ccc3nc(C4CCOCC4)[nH]c3c2)CC1)c1ccc(F)cc1.O=C(O)C1CCOCC1. The average molecular weight is 1620 g/mol. The lowest BCUT2D eigenvalue weighted by Crippen LogP contribution is -2.41. The minimum atomic E-state index is -3.71. The summed E-state index contributed by atoms with van der Waals surface area (Å²) in [6.07, 6.45) is 12.2. The van der Waals surface area contributed by atoms with Crippen LogP contribution in [0.5, 0.6) is 0 Å². The number of carbonyl (C=O) groups is 4. The molecule has 3 atom stereocenters. The summed E-state index contributed by atoms with van der Waals surface area (Å²) < 4.78 is 141. The molecular weight excluding hydrogens is 1520 g/mol. The first-order valence-electron chi connectivity index (χ1n) is 39.0. The summed E-state index contributed by atoms with van der Waals surface area (Å²) in [5.74, 6) is -0.876. The van der Waals surface area contributed by atoms with Crippen LogP contribution < -0.4 is 41.6 Å². The maximum Gasteiger partial charge on any atom is 0.306 e. The number of hydrogen-bond acceptors (Lipinski definition) is 16. The third-order valence-electron chi connectivity index (χ3n) is 22.4. The molecule has 6 aromatic carbocycles. The second kappa shape index (κ2) is 39.0. The Morgan fingerprint density at radius 1 is 0.416 bits per heavy atom. The lowest BCUT2D eigenvalue weighted by Gasteiger charge is -2.29. The molecule has 6 fully saturated rings. The van der Waals surface area contributed by atoms with Crippen LogP contribution in [0.1, 0.15) is 195 Å². The molecule has 0 bridgehead atoms. The highest BCUT2D eigenvalue weighted by Crippen LogP contribution is 2.35. The molecule has 610 valence electrons. The Labute approximate surface area is 658 Å². The van der Waals surface area contributed by atoms with Crippen LogP contribution in [0.25, 0.3) is 21.9 Å². The summed E-state index contributed by atoms with van der Waals surface area (Å²) in [5, 5.41) is 18.3. The Bertz CT molecular complexity index is 4670. The molecule has 2 aromatic heterocycles. The Morgan fingerprint density at radius 2 is 0.779 bits per heavy atom. The molecular formula is C82H104F3N11O14S3. The molecule has 31 heteroatoms. The molecule has 25 nitrogen and oxygen atoms in total. The Kier molecular flexibility index (Phi) is 29.4. The van der Waals surface area contributed by atoms with Crippen molar-refractivity contribution in [2.45, 2.75) is 199 Å². The number of hydrogen-bond donors (Lipinski definition) is 11. The molecule has 14 rings (SSSR count). The van der Waals surface area contributed by atoms with Crippen LogP contribution in [0.4, 0.5) is 24.5 Å². The number of nitrogens with two attached hydrogens (primary N) is 2. The number of carbonyl (C=O) groups excluding carboxylic acids is 3. The van der Waals surface area contributed by atoms with E-state index in [0.717, 1.165) is 83.5 Å².